The van der Waals surface area contributed by atoms with E-state index in [-0.39, 0.29) is 0 Å². The van der Waals surface area contributed by atoms with E-state index in [1.807, 2.05) is 12.4 Å². The molecule has 1 aromatic carbocycles. The van der Waals surface area contributed by atoms with Crippen molar-refractivity contribution in [2.24, 2.45) is 0 Å². The van der Waals surface area contributed by atoms with Crippen LogP contribution in [0, 0.1) is 0 Å². The first-order valence-corrected chi connectivity index (χ1v) is 10.4. The predicted molar refractivity (Wildman–Crippen MR) is 111 cm³/mol. The summed E-state index contributed by atoms with van der Waals surface area (Å²) in [5.74, 6) is 0.855. The highest BCUT2D eigenvalue weighted by Crippen LogP contribution is 2.26. The summed E-state index contributed by atoms with van der Waals surface area (Å²) in [4.78, 5) is 23.8. The third-order valence-corrected chi connectivity index (χ3v) is 6.00. The maximum absolute atomic E-state index is 12.9. The fourth-order valence-corrected chi connectivity index (χ4v) is 4.39. The van der Waals surface area contributed by atoms with Crippen LogP contribution in [0.25, 0.3) is 0 Å². The third kappa shape index (κ3) is 4.97. The van der Waals surface area contributed by atoms with E-state index in [0.717, 1.165) is 58.7 Å². The SMILES string of the molecule is O=C(CN1CC[C@@H](c2ccccc2)C1)N1CCCN(Cc2ccncc2)CC1. The molecule has 2 aliphatic rings. The molecule has 28 heavy (non-hydrogen) atoms. The van der Waals surface area contributed by atoms with E-state index in [2.05, 4.69) is 62.1 Å². The molecular formula is C23H30N4O. The Morgan fingerprint density at radius 3 is 2.57 bits per heavy atom. The second-order valence-corrected chi connectivity index (χ2v) is 8.00. The number of hydrogen-bond donors (Lipinski definition) is 0. The van der Waals surface area contributed by atoms with Crippen LogP contribution in [0.15, 0.2) is 54.9 Å². The van der Waals surface area contributed by atoms with Crippen molar-refractivity contribution in [1.29, 1.82) is 0 Å². The first-order valence-electron chi connectivity index (χ1n) is 10.4. The van der Waals surface area contributed by atoms with Crippen molar-refractivity contribution in [3.8, 4) is 0 Å². The summed E-state index contributed by atoms with van der Waals surface area (Å²) in [7, 11) is 0. The highest BCUT2D eigenvalue weighted by atomic mass is 16.2. The smallest absolute Gasteiger partial charge is 0.236 e. The lowest BCUT2D eigenvalue weighted by Crippen LogP contribution is -2.41. The monoisotopic (exact) mass is 378 g/mol. The lowest BCUT2D eigenvalue weighted by atomic mass is 9.99. The third-order valence-electron chi connectivity index (χ3n) is 6.00. The molecular weight excluding hydrogens is 348 g/mol. The van der Waals surface area contributed by atoms with E-state index in [4.69, 9.17) is 0 Å². The largest absolute Gasteiger partial charge is 0.340 e. The Bertz CT molecular complexity index is 752. The molecule has 0 radical (unpaired) electrons. The molecule has 2 saturated heterocycles. The Morgan fingerprint density at radius 1 is 0.929 bits per heavy atom. The number of nitrogens with zero attached hydrogens (tertiary/aromatic N) is 4. The molecule has 0 bridgehead atoms. The number of pyridine rings is 1. The van der Waals surface area contributed by atoms with Gasteiger partial charge < -0.3 is 4.90 Å². The fourth-order valence-electron chi connectivity index (χ4n) is 4.39. The summed E-state index contributed by atoms with van der Waals surface area (Å²) in [6, 6.07) is 14.9. The van der Waals surface area contributed by atoms with Crippen LogP contribution in [0.5, 0.6) is 0 Å². The van der Waals surface area contributed by atoms with Crippen LogP contribution >= 0.6 is 0 Å². The van der Waals surface area contributed by atoms with Gasteiger partial charge >= 0.3 is 0 Å². The summed E-state index contributed by atoms with van der Waals surface area (Å²) in [5.41, 5.74) is 2.69. The normalized spacial score (nSPS) is 21.6. The standard InChI is InChI=1S/C23H30N4O/c28-23(19-26-14-9-22(18-26)21-5-2-1-3-6-21)27-13-4-12-25(15-16-27)17-20-7-10-24-11-8-20/h1-3,5-8,10-11,22H,4,9,12-19H2/t22-/m1/s1. The van der Waals surface area contributed by atoms with Crippen LogP contribution in [0.2, 0.25) is 0 Å². The zero-order valence-electron chi connectivity index (χ0n) is 16.5. The molecule has 148 valence electrons. The molecule has 1 amide bonds. The summed E-state index contributed by atoms with van der Waals surface area (Å²) in [6.45, 7) is 7.22. The molecule has 5 nitrogen and oxygen atoms in total. The summed E-state index contributed by atoms with van der Waals surface area (Å²) < 4.78 is 0. The molecule has 0 saturated carbocycles. The van der Waals surface area contributed by atoms with E-state index >= 15 is 0 Å². The Kier molecular flexibility index (Phi) is 6.34. The van der Waals surface area contributed by atoms with Crippen molar-refractivity contribution in [2.45, 2.75) is 25.3 Å². The average molecular weight is 379 g/mol. The maximum Gasteiger partial charge on any atom is 0.236 e. The molecule has 5 heteroatoms. The topological polar surface area (TPSA) is 39.7 Å². The van der Waals surface area contributed by atoms with Crippen molar-refractivity contribution < 1.29 is 4.79 Å². The highest BCUT2D eigenvalue weighted by Gasteiger charge is 2.27. The van der Waals surface area contributed by atoms with Gasteiger partial charge in [-0.3, -0.25) is 19.6 Å². The van der Waals surface area contributed by atoms with E-state index in [9.17, 15) is 4.79 Å². The van der Waals surface area contributed by atoms with Gasteiger partial charge in [-0.2, -0.15) is 0 Å². The van der Waals surface area contributed by atoms with Gasteiger partial charge in [0.2, 0.25) is 5.91 Å². The van der Waals surface area contributed by atoms with Crippen molar-refractivity contribution >= 4 is 5.91 Å². The first kappa shape index (κ1) is 19.1. The lowest BCUT2D eigenvalue weighted by molar-refractivity contribution is -0.132. The summed E-state index contributed by atoms with van der Waals surface area (Å²) in [6.07, 6.45) is 5.89. The minimum atomic E-state index is 0.291. The van der Waals surface area contributed by atoms with Gasteiger partial charge in [0.15, 0.2) is 0 Å². The summed E-state index contributed by atoms with van der Waals surface area (Å²) >= 11 is 0. The van der Waals surface area contributed by atoms with Crippen LogP contribution in [0.4, 0.5) is 0 Å². The Balaban J connectivity index is 1.25. The predicted octanol–water partition coefficient (Wildman–Crippen LogP) is 2.61. The van der Waals surface area contributed by atoms with Gasteiger partial charge in [-0.25, -0.2) is 0 Å². The van der Waals surface area contributed by atoms with Gasteiger partial charge in [-0.1, -0.05) is 30.3 Å². The molecule has 2 aliphatic heterocycles. The van der Waals surface area contributed by atoms with Crippen molar-refractivity contribution in [2.75, 3.05) is 45.8 Å². The second kappa shape index (κ2) is 9.30. The molecule has 3 heterocycles. The van der Waals surface area contributed by atoms with Crippen molar-refractivity contribution in [3.05, 3.63) is 66.0 Å². The number of aromatic nitrogens is 1. The number of amides is 1. The van der Waals surface area contributed by atoms with E-state index in [0.29, 0.717) is 18.4 Å². The van der Waals surface area contributed by atoms with Crippen LogP contribution in [0.1, 0.15) is 29.9 Å². The number of hydrogen-bond acceptors (Lipinski definition) is 4. The van der Waals surface area contributed by atoms with Gasteiger partial charge in [-0.05, 0) is 48.6 Å². The maximum atomic E-state index is 12.9. The van der Waals surface area contributed by atoms with Gasteiger partial charge in [-0.15, -0.1) is 0 Å². The van der Waals surface area contributed by atoms with Gasteiger partial charge in [0, 0.05) is 51.7 Å². The number of benzene rings is 1. The fraction of sp³-hybridized carbons (Fsp3) is 0.478. The highest BCUT2D eigenvalue weighted by molar-refractivity contribution is 5.78. The lowest BCUT2D eigenvalue weighted by Gasteiger charge is -2.24. The molecule has 1 atom stereocenters. The van der Waals surface area contributed by atoms with E-state index < -0.39 is 0 Å². The Morgan fingerprint density at radius 2 is 1.75 bits per heavy atom. The van der Waals surface area contributed by atoms with Crippen LogP contribution < -0.4 is 0 Å². The molecule has 1 aromatic heterocycles. The molecule has 2 fully saturated rings. The van der Waals surface area contributed by atoms with Gasteiger partial charge in [0.05, 0.1) is 6.54 Å². The number of rotatable bonds is 5. The first-order chi connectivity index (χ1) is 13.8. The van der Waals surface area contributed by atoms with Crippen LogP contribution in [-0.2, 0) is 11.3 Å². The molecule has 0 spiro atoms. The van der Waals surface area contributed by atoms with Crippen molar-refractivity contribution in [1.82, 2.24) is 19.7 Å². The number of carbonyl (C=O) groups is 1. The zero-order valence-corrected chi connectivity index (χ0v) is 16.5. The summed E-state index contributed by atoms with van der Waals surface area (Å²) in [5, 5.41) is 0. The average Bonchev–Trinajstić information content (AvgIpc) is 3.07. The van der Waals surface area contributed by atoms with E-state index in [1.165, 1.54) is 11.1 Å². The molecule has 0 aliphatic carbocycles. The quantitative estimate of drug-likeness (QED) is 0.802. The Hall–Kier alpha value is -2.24. The van der Waals surface area contributed by atoms with Gasteiger partial charge in [0.25, 0.3) is 0 Å². The zero-order chi connectivity index (χ0) is 19.2. The van der Waals surface area contributed by atoms with Crippen molar-refractivity contribution in [3.63, 3.8) is 0 Å². The molecule has 2 aromatic rings. The minimum Gasteiger partial charge on any atom is -0.340 e. The van der Waals surface area contributed by atoms with Crippen LogP contribution in [-0.4, -0.2) is 71.4 Å². The molecule has 4 rings (SSSR count). The Labute approximate surface area is 168 Å². The van der Waals surface area contributed by atoms with Crippen LogP contribution in [0.3, 0.4) is 0 Å². The minimum absolute atomic E-state index is 0.291. The van der Waals surface area contributed by atoms with E-state index in [1.54, 1.807) is 0 Å². The number of carbonyl (C=O) groups excluding carboxylic acids is 1. The number of likely N-dealkylation sites (tertiary alicyclic amines) is 1. The van der Waals surface area contributed by atoms with Gasteiger partial charge in [0.1, 0.15) is 0 Å². The second-order valence-electron chi connectivity index (χ2n) is 8.00. The molecule has 0 N–H and O–H groups in total. The molecule has 0 unspecified atom stereocenters.